The number of nitrogens with zero attached hydrogens (tertiary/aromatic N) is 1. The lowest BCUT2D eigenvalue weighted by Gasteiger charge is -2.31. The van der Waals surface area contributed by atoms with Crippen LogP contribution in [0.5, 0.6) is 0 Å². The molecule has 0 aliphatic rings. The third kappa shape index (κ3) is 2.60. The van der Waals surface area contributed by atoms with Gasteiger partial charge in [0.15, 0.2) is 5.69 Å². The Labute approximate surface area is 111 Å². The standard InChI is InChI=1S/C10H10F3NO2S2/c1-17-14(18-2,9(15)16)8-6-4-3-5-7(8)10(11,12)13/h3-6H,1-2H3. The molecule has 1 rings (SSSR count). The summed E-state index contributed by atoms with van der Waals surface area (Å²) >= 11 is 1.49. The Balaban J connectivity index is 3.52. The number of hydrogen-bond acceptors (Lipinski definition) is 4. The molecule has 0 aliphatic carbocycles. The van der Waals surface area contributed by atoms with E-state index in [1.54, 1.807) is 0 Å². The first-order valence-electron chi connectivity index (χ1n) is 4.68. The molecule has 1 amide bonds. The number of alkyl halides is 3. The number of amides is 1. The molecule has 3 nitrogen and oxygen atoms in total. The Kier molecular flexibility index (Phi) is 4.57. The summed E-state index contributed by atoms with van der Waals surface area (Å²) in [6.45, 7) is 0. The molecule has 0 N–H and O–H groups in total. The average molecular weight is 297 g/mol. The Morgan fingerprint density at radius 3 is 2.11 bits per heavy atom. The van der Waals surface area contributed by atoms with Crippen molar-refractivity contribution in [3.05, 3.63) is 29.8 Å². The number of hydrogen-bond donors (Lipinski definition) is 0. The summed E-state index contributed by atoms with van der Waals surface area (Å²) in [6, 6.07) is 4.59. The van der Waals surface area contributed by atoms with Gasteiger partial charge in [-0.3, -0.25) is 0 Å². The number of para-hydroxylation sites is 1. The highest BCUT2D eigenvalue weighted by Crippen LogP contribution is 2.45. The molecule has 8 heteroatoms. The van der Waals surface area contributed by atoms with Gasteiger partial charge in [0.25, 0.3) is 6.09 Å². The van der Waals surface area contributed by atoms with Gasteiger partial charge in [-0.15, -0.1) is 3.29 Å². The van der Waals surface area contributed by atoms with Crippen molar-refractivity contribution in [2.45, 2.75) is 6.18 Å². The minimum atomic E-state index is -4.61. The fraction of sp³-hybridized carbons (Fsp3) is 0.300. The SMILES string of the molecule is CS[N+](SC)(C(=O)[O-])c1ccccc1C(F)(F)F. The van der Waals surface area contributed by atoms with Crippen LogP contribution in [0, 0.1) is 0 Å². The molecule has 0 saturated carbocycles. The van der Waals surface area contributed by atoms with Crippen LogP contribution in [0.3, 0.4) is 0 Å². The minimum Gasteiger partial charge on any atom is -0.496 e. The fourth-order valence-electron chi connectivity index (χ4n) is 1.49. The number of rotatable bonds is 3. The quantitative estimate of drug-likeness (QED) is 0.635. The molecular weight excluding hydrogens is 287 g/mol. The summed E-state index contributed by atoms with van der Waals surface area (Å²) in [5.74, 6) is 0. The van der Waals surface area contributed by atoms with E-state index >= 15 is 0 Å². The lowest BCUT2D eigenvalue weighted by atomic mass is 10.1. The molecule has 1 aromatic rings. The molecule has 0 aliphatic heterocycles. The summed E-state index contributed by atoms with van der Waals surface area (Å²) in [4.78, 5) is 11.2. The van der Waals surface area contributed by atoms with Crippen LogP contribution in [0.1, 0.15) is 5.56 Å². The van der Waals surface area contributed by atoms with E-state index in [1.807, 2.05) is 0 Å². The number of halogens is 3. The van der Waals surface area contributed by atoms with Gasteiger partial charge in [0.2, 0.25) is 0 Å². The first kappa shape index (κ1) is 15.2. The molecular formula is C10H10F3NO2S2. The normalized spacial score (nSPS) is 12.5. The predicted molar refractivity (Wildman–Crippen MR) is 65.7 cm³/mol. The van der Waals surface area contributed by atoms with Crippen molar-refractivity contribution in [2.75, 3.05) is 12.5 Å². The van der Waals surface area contributed by atoms with Crippen molar-refractivity contribution in [3.63, 3.8) is 0 Å². The number of benzene rings is 1. The van der Waals surface area contributed by atoms with E-state index in [-0.39, 0.29) is 5.69 Å². The Morgan fingerprint density at radius 1 is 1.22 bits per heavy atom. The number of carbonyl (C=O) groups is 1. The van der Waals surface area contributed by atoms with Gasteiger partial charge >= 0.3 is 6.18 Å². The second-order valence-corrected chi connectivity index (χ2v) is 5.25. The summed E-state index contributed by atoms with van der Waals surface area (Å²) in [7, 11) is 0. The molecule has 0 heterocycles. The maximum Gasteiger partial charge on any atom is 0.422 e. The van der Waals surface area contributed by atoms with E-state index in [1.165, 1.54) is 24.6 Å². The van der Waals surface area contributed by atoms with Crippen LogP contribution in [0.4, 0.5) is 23.7 Å². The number of carboxylic acid groups (broad SMARTS) is 1. The van der Waals surface area contributed by atoms with Crippen LogP contribution < -0.4 is 8.40 Å². The molecule has 0 bridgehead atoms. The van der Waals surface area contributed by atoms with E-state index < -0.39 is 21.1 Å². The topological polar surface area (TPSA) is 40.1 Å². The zero-order valence-corrected chi connectivity index (χ0v) is 11.2. The summed E-state index contributed by atoms with van der Waals surface area (Å²) in [5.41, 5.74) is -1.33. The van der Waals surface area contributed by atoms with Gasteiger partial charge in [0.1, 0.15) is 5.56 Å². The first-order chi connectivity index (χ1) is 8.29. The second kappa shape index (κ2) is 5.41. The highest BCUT2D eigenvalue weighted by Gasteiger charge is 2.44. The van der Waals surface area contributed by atoms with Gasteiger partial charge in [-0.25, -0.2) is 0 Å². The third-order valence-electron chi connectivity index (χ3n) is 2.28. The van der Waals surface area contributed by atoms with Crippen LogP contribution >= 0.6 is 23.9 Å². The van der Waals surface area contributed by atoms with Gasteiger partial charge in [-0.05, 0) is 6.07 Å². The molecule has 0 saturated heterocycles. The van der Waals surface area contributed by atoms with Crippen LogP contribution in [0.25, 0.3) is 0 Å². The smallest absolute Gasteiger partial charge is 0.422 e. The molecule has 0 unspecified atom stereocenters. The van der Waals surface area contributed by atoms with Gasteiger partial charge < -0.3 is 9.90 Å². The average Bonchev–Trinajstić information content (AvgIpc) is 2.30. The van der Waals surface area contributed by atoms with Crippen LogP contribution in [-0.4, -0.2) is 18.6 Å². The van der Waals surface area contributed by atoms with Crippen LogP contribution in [0.2, 0.25) is 0 Å². The highest BCUT2D eigenvalue weighted by atomic mass is 32.2. The molecule has 0 fully saturated rings. The monoisotopic (exact) mass is 297 g/mol. The molecule has 1 aromatic carbocycles. The fourth-order valence-corrected chi connectivity index (χ4v) is 3.09. The zero-order valence-electron chi connectivity index (χ0n) is 9.52. The molecule has 0 spiro atoms. The van der Waals surface area contributed by atoms with Gasteiger partial charge in [-0.2, -0.15) is 13.2 Å². The maximum atomic E-state index is 12.9. The number of carbonyl (C=O) groups excluding carboxylic acids is 1. The molecule has 100 valence electrons. The van der Waals surface area contributed by atoms with E-state index in [2.05, 4.69) is 0 Å². The lowest BCUT2D eigenvalue weighted by Crippen LogP contribution is -2.50. The van der Waals surface area contributed by atoms with Gasteiger partial charge in [0, 0.05) is 18.6 Å². The maximum absolute atomic E-state index is 12.9. The Bertz CT molecular complexity index is 447. The second-order valence-electron chi connectivity index (χ2n) is 3.20. The molecule has 0 aromatic heterocycles. The van der Waals surface area contributed by atoms with Crippen molar-refractivity contribution >= 4 is 35.7 Å². The lowest BCUT2D eigenvalue weighted by molar-refractivity contribution is -0.253. The highest BCUT2D eigenvalue weighted by molar-refractivity contribution is 8.15. The Hall–Kier alpha value is -0.860. The largest absolute Gasteiger partial charge is 0.496 e. The minimum absolute atomic E-state index is 0.356. The number of quaternary nitrogens is 1. The first-order valence-corrected chi connectivity index (χ1v) is 7.04. The van der Waals surface area contributed by atoms with E-state index in [0.717, 1.165) is 36.0 Å². The van der Waals surface area contributed by atoms with Crippen molar-refractivity contribution in [2.24, 2.45) is 0 Å². The van der Waals surface area contributed by atoms with Gasteiger partial charge in [0.05, 0.1) is 23.9 Å². The van der Waals surface area contributed by atoms with Crippen molar-refractivity contribution in [1.82, 2.24) is 3.29 Å². The predicted octanol–water partition coefficient (Wildman–Crippen LogP) is 2.91. The van der Waals surface area contributed by atoms with Gasteiger partial charge in [-0.1, -0.05) is 12.1 Å². The van der Waals surface area contributed by atoms with E-state index in [0.29, 0.717) is 0 Å². The van der Waals surface area contributed by atoms with Crippen molar-refractivity contribution in [3.8, 4) is 0 Å². The summed E-state index contributed by atoms with van der Waals surface area (Å²) in [6.07, 6.45) is -3.38. The molecule has 0 atom stereocenters. The van der Waals surface area contributed by atoms with E-state index in [9.17, 15) is 23.1 Å². The zero-order chi connectivity index (χ0) is 14.0. The summed E-state index contributed by atoms with van der Waals surface area (Å²) in [5, 5.41) is 11.2. The van der Waals surface area contributed by atoms with E-state index in [4.69, 9.17) is 0 Å². The van der Waals surface area contributed by atoms with Crippen LogP contribution in [0.15, 0.2) is 24.3 Å². The molecule has 18 heavy (non-hydrogen) atoms. The Morgan fingerprint density at radius 2 is 1.72 bits per heavy atom. The van der Waals surface area contributed by atoms with Crippen LogP contribution in [-0.2, 0) is 6.18 Å². The van der Waals surface area contributed by atoms with Crippen molar-refractivity contribution in [1.29, 1.82) is 0 Å². The summed E-state index contributed by atoms with van der Waals surface area (Å²) < 4.78 is 37.6. The van der Waals surface area contributed by atoms with Crippen molar-refractivity contribution < 1.29 is 23.1 Å². The molecule has 0 radical (unpaired) electrons. The third-order valence-corrected chi connectivity index (χ3v) is 4.90.